The van der Waals surface area contributed by atoms with Gasteiger partial charge in [-0.05, 0) is 36.1 Å². The molecule has 76 valence electrons. The van der Waals surface area contributed by atoms with E-state index in [0.717, 1.165) is 23.6 Å². The molecule has 0 aliphatic heterocycles. The predicted molar refractivity (Wildman–Crippen MR) is 48.4 cm³/mol. The van der Waals surface area contributed by atoms with Crippen molar-refractivity contribution in [3.05, 3.63) is 34.9 Å². The molecule has 1 aromatic rings. The summed E-state index contributed by atoms with van der Waals surface area (Å²) in [5, 5.41) is -0.118. The van der Waals surface area contributed by atoms with Crippen LogP contribution in [-0.2, 0) is 12.6 Å². The second kappa shape index (κ2) is 3.16. The first kappa shape index (κ1) is 9.84. The first-order valence-corrected chi connectivity index (χ1v) is 4.76. The highest BCUT2D eigenvalue weighted by atomic mass is 35.5. The van der Waals surface area contributed by atoms with Gasteiger partial charge < -0.3 is 0 Å². The summed E-state index contributed by atoms with van der Waals surface area (Å²) >= 11 is 5.93. The van der Waals surface area contributed by atoms with Crippen molar-refractivity contribution >= 4 is 11.6 Å². The van der Waals surface area contributed by atoms with Gasteiger partial charge in [0.1, 0.15) is 0 Å². The highest BCUT2D eigenvalue weighted by Crippen LogP contribution is 2.39. The highest BCUT2D eigenvalue weighted by Gasteiger charge is 2.32. The number of halogens is 4. The molecule has 0 bridgehead atoms. The van der Waals surface area contributed by atoms with E-state index in [0.29, 0.717) is 6.42 Å². The Bertz CT molecular complexity index is 357. The van der Waals surface area contributed by atoms with E-state index in [1.807, 2.05) is 0 Å². The Balaban J connectivity index is 2.42. The Morgan fingerprint density at radius 1 is 1.29 bits per heavy atom. The second-order valence-corrected chi connectivity index (χ2v) is 3.94. The molecule has 14 heavy (non-hydrogen) atoms. The van der Waals surface area contributed by atoms with Gasteiger partial charge >= 0.3 is 6.18 Å². The number of hydrogen-bond acceptors (Lipinski definition) is 0. The lowest BCUT2D eigenvalue weighted by Crippen LogP contribution is -2.05. The van der Waals surface area contributed by atoms with Crippen molar-refractivity contribution in [2.24, 2.45) is 0 Å². The molecule has 0 radical (unpaired) electrons. The average Bonchev–Trinajstić information content (AvgIpc) is 2.46. The Morgan fingerprint density at radius 2 is 2.00 bits per heavy atom. The highest BCUT2D eigenvalue weighted by molar-refractivity contribution is 6.21. The lowest BCUT2D eigenvalue weighted by molar-refractivity contribution is -0.137. The van der Waals surface area contributed by atoms with Gasteiger partial charge in [0.2, 0.25) is 0 Å². The van der Waals surface area contributed by atoms with Gasteiger partial charge in [0, 0.05) is 0 Å². The number of rotatable bonds is 0. The van der Waals surface area contributed by atoms with Crippen molar-refractivity contribution in [1.29, 1.82) is 0 Å². The molecule has 1 aliphatic rings. The topological polar surface area (TPSA) is 0 Å². The number of alkyl halides is 4. The summed E-state index contributed by atoms with van der Waals surface area (Å²) in [6, 6.07) is 3.79. The van der Waals surface area contributed by atoms with Gasteiger partial charge in [-0.25, -0.2) is 0 Å². The van der Waals surface area contributed by atoms with E-state index in [2.05, 4.69) is 0 Å². The molecule has 0 spiro atoms. The van der Waals surface area contributed by atoms with Gasteiger partial charge in [0.15, 0.2) is 0 Å². The second-order valence-electron chi connectivity index (χ2n) is 3.42. The largest absolute Gasteiger partial charge is 0.416 e. The average molecular weight is 221 g/mol. The van der Waals surface area contributed by atoms with Crippen molar-refractivity contribution in [3.8, 4) is 0 Å². The summed E-state index contributed by atoms with van der Waals surface area (Å²) in [4.78, 5) is 0. The molecule has 0 aromatic heterocycles. The quantitative estimate of drug-likeness (QED) is 0.581. The van der Waals surface area contributed by atoms with Crippen molar-refractivity contribution in [2.45, 2.75) is 24.4 Å². The molecular weight excluding hydrogens is 213 g/mol. The van der Waals surface area contributed by atoms with E-state index in [1.54, 1.807) is 0 Å². The standard InChI is InChI=1S/C10H8ClF3/c11-9-4-1-6-5-7(10(12,13)14)2-3-8(6)9/h2-3,5,9H,1,4H2. The van der Waals surface area contributed by atoms with Crippen molar-refractivity contribution in [2.75, 3.05) is 0 Å². The molecule has 0 fully saturated rings. The normalized spacial score (nSPS) is 21.0. The summed E-state index contributed by atoms with van der Waals surface area (Å²) < 4.78 is 37.0. The minimum Gasteiger partial charge on any atom is -0.166 e. The van der Waals surface area contributed by atoms with Gasteiger partial charge in [0.25, 0.3) is 0 Å². The summed E-state index contributed by atoms with van der Waals surface area (Å²) in [7, 11) is 0. The Kier molecular flexibility index (Phi) is 2.22. The van der Waals surface area contributed by atoms with Crippen LogP contribution in [-0.4, -0.2) is 0 Å². The number of aryl methyl sites for hydroxylation is 1. The summed E-state index contributed by atoms with van der Waals surface area (Å²) in [6.45, 7) is 0. The van der Waals surface area contributed by atoms with Gasteiger partial charge in [-0.2, -0.15) is 13.2 Å². The van der Waals surface area contributed by atoms with Gasteiger partial charge in [0.05, 0.1) is 10.9 Å². The Labute approximate surface area is 84.7 Å². The van der Waals surface area contributed by atoms with Gasteiger partial charge in [-0.15, -0.1) is 11.6 Å². The zero-order chi connectivity index (χ0) is 10.3. The van der Waals surface area contributed by atoms with Crippen molar-refractivity contribution < 1.29 is 13.2 Å². The lowest BCUT2D eigenvalue weighted by atomic mass is 10.1. The van der Waals surface area contributed by atoms with Crippen LogP contribution in [0.1, 0.15) is 28.5 Å². The molecule has 0 saturated carbocycles. The van der Waals surface area contributed by atoms with Crippen LogP contribution in [0.3, 0.4) is 0 Å². The summed E-state index contributed by atoms with van der Waals surface area (Å²) in [6.07, 6.45) is -2.87. The van der Waals surface area contributed by atoms with Crippen LogP contribution in [0.2, 0.25) is 0 Å². The number of fused-ring (bicyclic) bond motifs is 1. The fourth-order valence-electron chi connectivity index (χ4n) is 1.74. The number of benzene rings is 1. The molecular formula is C10H8ClF3. The smallest absolute Gasteiger partial charge is 0.166 e. The molecule has 0 amide bonds. The summed E-state index contributed by atoms with van der Waals surface area (Å²) in [5.74, 6) is 0. The van der Waals surface area contributed by atoms with Crippen LogP contribution in [0.15, 0.2) is 18.2 Å². The van der Waals surface area contributed by atoms with Crippen LogP contribution in [0.4, 0.5) is 13.2 Å². The summed E-state index contributed by atoms with van der Waals surface area (Å²) in [5.41, 5.74) is 1.00. The SMILES string of the molecule is FC(F)(F)c1ccc2c(c1)CCC2Cl. The molecule has 0 saturated heterocycles. The zero-order valence-electron chi connectivity index (χ0n) is 7.24. The molecule has 1 atom stereocenters. The van der Waals surface area contributed by atoms with E-state index in [1.165, 1.54) is 12.1 Å². The van der Waals surface area contributed by atoms with E-state index >= 15 is 0 Å². The van der Waals surface area contributed by atoms with Crippen LogP contribution in [0.25, 0.3) is 0 Å². The Hall–Kier alpha value is -0.700. The maximum Gasteiger partial charge on any atom is 0.416 e. The fourth-order valence-corrected chi connectivity index (χ4v) is 2.06. The Morgan fingerprint density at radius 3 is 2.64 bits per heavy atom. The van der Waals surface area contributed by atoms with Crippen LogP contribution < -0.4 is 0 Å². The third kappa shape index (κ3) is 1.61. The number of hydrogen-bond donors (Lipinski definition) is 0. The third-order valence-corrected chi connectivity index (χ3v) is 2.93. The van der Waals surface area contributed by atoms with Crippen LogP contribution >= 0.6 is 11.6 Å². The first-order valence-electron chi connectivity index (χ1n) is 4.32. The first-order chi connectivity index (χ1) is 6.48. The molecule has 4 heteroatoms. The maximum atomic E-state index is 12.3. The zero-order valence-corrected chi connectivity index (χ0v) is 7.99. The van der Waals surface area contributed by atoms with Gasteiger partial charge in [-0.3, -0.25) is 0 Å². The monoisotopic (exact) mass is 220 g/mol. The minimum absolute atomic E-state index is 0.118. The molecule has 1 unspecified atom stereocenters. The van der Waals surface area contributed by atoms with Crippen molar-refractivity contribution in [1.82, 2.24) is 0 Å². The van der Waals surface area contributed by atoms with Crippen molar-refractivity contribution in [3.63, 3.8) is 0 Å². The molecule has 0 heterocycles. The molecule has 1 aromatic carbocycles. The van der Waals surface area contributed by atoms with Crippen LogP contribution in [0.5, 0.6) is 0 Å². The molecule has 0 N–H and O–H groups in total. The van der Waals surface area contributed by atoms with E-state index < -0.39 is 11.7 Å². The lowest BCUT2D eigenvalue weighted by Gasteiger charge is -2.09. The van der Waals surface area contributed by atoms with Gasteiger partial charge in [-0.1, -0.05) is 6.07 Å². The minimum atomic E-state index is -4.25. The molecule has 0 nitrogen and oxygen atoms in total. The third-order valence-electron chi connectivity index (χ3n) is 2.47. The van der Waals surface area contributed by atoms with E-state index in [4.69, 9.17) is 11.6 Å². The maximum absolute atomic E-state index is 12.3. The predicted octanol–water partition coefficient (Wildman–Crippen LogP) is 3.93. The van der Waals surface area contributed by atoms with E-state index in [9.17, 15) is 13.2 Å². The van der Waals surface area contributed by atoms with E-state index in [-0.39, 0.29) is 5.38 Å². The molecule has 1 aliphatic carbocycles. The molecule has 2 rings (SSSR count). The fraction of sp³-hybridized carbons (Fsp3) is 0.400. The van der Waals surface area contributed by atoms with Crippen LogP contribution in [0, 0.1) is 0 Å².